The highest BCUT2D eigenvalue weighted by Gasteiger charge is 2.39. The molecule has 2 N–H and O–H groups in total. The first kappa shape index (κ1) is 15.5. The second kappa shape index (κ2) is 5.65. The number of halogens is 1. The number of benzene rings is 1. The van der Waals surface area contributed by atoms with E-state index in [4.69, 9.17) is 16.3 Å². The summed E-state index contributed by atoms with van der Waals surface area (Å²) in [6, 6.07) is 6.22. The van der Waals surface area contributed by atoms with Crippen LogP contribution in [-0.4, -0.2) is 23.7 Å². The van der Waals surface area contributed by atoms with Gasteiger partial charge >= 0.3 is 6.03 Å². The van der Waals surface area contributed by atoms with Crippen molar-refractivity contribution in [2.45, 2.75) is 63.6 Å². The molecular weight excluding hydrogens is 300 g/mol. The van der Waals surface area contributed by atoms with Crippen molar-refractivity contribution in [1.82, 2.24) is 10.6 Å². The van der Waals surface area contributed by atoms with Crippen LogP contribution in [0.3, 0.4) is 0 Å². The standard InChI is InChI=1S/C17H23ClN2O2/c1-17(2,3)22-14-6-4-5-11(18)15(14)10-7-8-12-13(9-10)20-16(21)19-12/h4-6,10,12-13H,7-9H2,1-3H3,(H2,19,20,21). The van der Waals surface area contributed by atoms with Gasteiger partial charge in [0.2, 0.25) is 0 Å². The minimum absolute atomic E-state index is 0.0547. The van der Waals surface area contributed by atoms with Gasteiger partial charge in [-0.3, -0.25) is 0 Å². The average molecular weight is 323 g/mol. The Labute approximate surface area is 136 Å². The highest BCUT2D eigenvalue weighted by Crippen LogP contribution is 2.43. The molecule has 0 radical (unpaired) electrons. The molecule has 0 aromatic heterocycles. The van der Waals surface area contributed by atoms with E-state index in [1.807, 2.05) is 39.0 Å². The van der Waals surface area contributed by atoms with Gasteiger partial charge in [-0.1, -0.05) is 17.7 Å². The fourth-order valence-electron chi connectivity index (χ4n) is 3.48. The predicted octanol–water partition coefficient (Wildman–Crippen LogP) is 3.83. The third-order valence-corrected chi connectivity index (χ3v) is 4.65. The molecule has 2 aliphatic rings. The van der Waals surface area contributed by atoms with E-state index in [9.17, 15) is 4.79 Å². The first-order valence-corrected chi connectivity index (χ1v) is 8.26. The fraction of sp³-hybridized carbons (Fsp3) is 0.588. The molecule has 1 saturated carbocycles. The van der Waals surface area contributed by atoms with E-state index in [2.05, 4.69) is 10.6 Å². The van der Waals surface area contributed by atoms with E-state index < -0.39 is 0 Å². The number of carbonyl (C=O) groups excluding carboxylic acids is 1. The van der Waals surface area contributed by atoms with Gasteiger partial charge in [0.1, 0.15) is 11.4 Å². The first-order valence-electron chi connectivity index (χ1n) is 7.88. The maximum absolute atomic E-state index is 11.5. The van der Waals surface area contributed by atoms with Gasteiger partial charge in [-0.05, 0) is 58.1 Å². The zero-order valence-corrected chi connectivity index (χ0v) is 14.0. The summed E-state index contributed by atoms with van der Waals surface area (Å²) >= 11 is 6.48. The second-order valence-electron chi connectivity index (χ2n) is 7.21. The van der Waals surface area contributed by atoms with Crippen LogP contribution in [0.15, 0.2) is 18.2 Å². The highest BCUT2D eigenvalue weighted by atomic mass is 35.5. The van der Waals surface area contributed by atoms with Crippen LogP contribution in [0, 0.1) is 0 Å². The van der Waals surface area contributed by atoms with Crippen LogP contribution >= 0.6 is 11.6 Å². The number of rotatable bonds is 2. The second-order valence-corrected chi connectivity index (χ2v) is 7.61. The molecule has 3 atom stereocenters. The number of fused-ring (bicyclic) bond motifs is 1. The van der Waals surface area contributed by atoms with E-state index in [-0.39, 0.29) is 23.7 Å². The summed E-state index contributed by atoms with van der Waals surface area (Å²) in [5, 5.41) is 6.74. The Hall–Kier alpha value is -1.42. The molecule has 22 heavy (non-hydrogen) atoms. The highest BCUT2D eigenvalue weighted by molar-refractivity contribution is 6.31. The largest absolute Gasteiger partial charge is 0.488 e. The summed E-state index contributed by atoms with van der Waals surface area (Å²) in [7, 11) is 0. The molecule has 120 valence electrons. The smallest absolute Gasteiger partial charge is 0.315 e. The topological polar surface area (TPSA) is 50.4 Å². The Morgan fingerprint density at radius 2 is 1.91 bits per heavy atom. The van der Waals surface area contributed by atoms with Gasteiger partial charge in [-0.15, -0.1) is 0 Å². The summed E-state index contributed by atoms with van der Waals surface area (Å²) < 4.78 is 6.11. The predicted molar refractivity (Wildman–Crippen MR) is 87.7 cm³/mol. The van der Waals surface area contributed by atoms with Gasteiger partial charge in [0.15, 0.2) is 0 Å². The molecular formula is C17H23ClN2O2. The number of ether oxygens (including phenoxy) is 1. The van der Waals surface area contributed by atoms with Crippen LogP contribution in [0.25, 0.3) is 0 Å². The summed E-state index contributed by atoms with van der Waals surface area (Å²) in [5.74, 6) is 1.17. The summed E-state index contributed by atoms with van der Waals surface area (Å²) in [4.78, 5) is 11.5. The maximum Gasteiger partial charge on any atom is 0.315 e. The minimum Gasteiger partial charge on any atom is -0.488 e. The monoisotopic (exact) mass is 322 g/mol. The molecule has 1 aliphatic heterocycles. The number of hydrogen-bond acceptors (Lipinski definition) is 2. The molecule has 1 aromatic carbocycles. The van der Waals surface area contributed by atoms with E-state index in [1.54, 1.807) is 0 Å². The van der Waals surface area contributed by atoms with Crippen molar-refractivity contribution >= 4 is 17.6 Å². The van der Waals surface area contributed by atoms with Gasteiger partial charge in [0.05, 0.1) is 12.1 Å². The van der Waals surface area contributed by atoms with Crippen molar-refractivity contribution in [3.05, 3.63) is 28.8 Å². The van der Waals surface area contributed by atoms with E-state index in [0.29, 0.717) is 5.92 Å². The van der Waals surface area contributed by atoms with Crippen LogP contribution in [0.4, 0.5) is 4.79 Å². The molecule has 5 heteroatoms. The number of carbonyl (C=O) groups is 1. The van der Waals surface area contributed by atoms with Gasteiger partial charge in [0, 0.05) is 10.6 Å². The van der Waals surface area contributed by atoms with Gasteiger partial charge < -0.3 is 15.4 Å². The zero-order valence-electron chi connectivity index (χ0n) is 13.3. The number of nitrogens with one attached hydrogen (secondary N) is 2. The SMILES string of the molecule is CC(C)(C)Oc1cccc(Cl)c1C1CCC2NC(=O)NC2C1. The van der Waals surface area contributed by atoms with Crippen molar-refractivity contribution in [3.63, 3.8) is 0 Å². The Morgan fingerprint density at radius 3 is 2.64 bits per heavy atom. The summed E-state index contributed by atoms with van der Waals surface area (Å²) in [5.41, 5.74) is 0.818. The van der Waals surface area contributed by atoms with Crippen molar-refractivity contribution in [3.8, 4) is 5.75 Å². The molecule has 1 aliphatic carbocycles. The van der Waals surface area contributed by atoms with Crippen LogP contribution in [-0.2, 0) is 0 Å². The number of amides is 2. The Balaban J connectivity index is 1.86. The molecule has 0 spiro atoms. The van der Waals surface area contributed by atoms with Crippen LogP contribution in [0.2, 0.25) is 5.02 Å². The molecule has 0 bridgehead atoms. The molecule has 3 unspecified atom stereocenters. The lowest BCUT2D eigenvalue weighted by Gasteiger charge is -2.33. The molecule has 2 amide bonds. The van der Waals surface area contributed by atoms with Crippen LogP contribution in [0.1, 0.15) is 51.5 Å². The van der Waals surface area contributed by atoms with Gasteiger partial charge in [0.25, 0.3) is 0 Å². The van der Waals surface area contributed by atoms with E-state index in [1.165, 1.54) is 0 Å². The lowest BCUT2D eigenvalue weighted by Crippen LogP contribution is -2.39. The van der Waals surface area contributed by atoms with Gasteiger partial charge in [-0.2, -0.15) is 0 Å². The van der Waals surface area contributed by atoms with Crippen molar-refractivity contribution < 1.29 is 9.53 Å². The Morgan fingerprint density at radius 1 is 1.18 bits per heavy atom. The third-order valence-electron chi connectivity index (χ3n) is 4.32. The van der Waals surface area contributed by atoms with Gasteiger partial charge in [-0.25, -0.2) is 4.79 Å². The summed E-state index contributed by atoms with van der Waals surface area (Å²) in [6.07, 6.45) is 2.87. The molecule has 2 fully saturated rings. The third kappa shape index (κ3) is 3.17. The molecule has 4 nitrogen and oxygen atoms in total. The number of hydrogen-bond donors (Lipinski definition) is 2. The number of urea groups is 1. The maximum atomic E-state index is 11.5. The molecule has 1 saturated heterocycles. The molecule has 1 aromatic rings. The first-order chi connectivity index (χ1) is 10.3. The van der Waals surface area contributed by atoms with E-state index in [0.717, 1.165) is 35.6 Å². The normalized spacial score (nSPS) is 27.8. The zero-order chi connectivity index (χ0) is 15.9. The Bertz CT molecular complexity index is 583. The van der Waals surface area contributed by atoms with Crippen LogP contribution < -0.4 is 15.4 Å². The van der Waals surface area contributed by atoms with Crippen LogP contribution in [0.5, 0.6) is 5.75 Å². The van der Waals surface area contributed by atoms with Crippen molar-refractivity contribution in [1.29, 1.82) is 0 Å². The lowest BCUT2D eigenvalue weighted by atomic mass is 9.79. The van der Waals surface area contributed by atoms with E-state index >= 15 is 0 Å². The minimum atomic E-state index is -0.264. The summed E-state index contributed by atoms with van der Waals surface area (Å²) in [6.45, 7) is 6.11. The fourth-order valence-corrected chi connectivity index (χ4v) is 3.80. The lowest BCUT2D eigenvalue weighted by molar-refractivity contribution is 0.128. The molecule has 1 heterocycles. The van der Waals surface area contributed by atoms with Crippen molar-refractivity contribution in [2.24, 2.45) is 0 Å². The quantitative estimate of drug-likeness (QED) is 0.869. The van der Waals surface area contributed by atoms with Crippen molar-refractivity contribution in [2.75, 3.05) is 0 Å². The average Bonchev–Trinajstić information content (AvgIpc) is 2.76. The Kier molecular flexibility index (Phi) is 3.98. The molecule has 3 rings (SSSR count).